The zero-order valence-corrected chi connectivity index (χ0v) is 18.6. The minimum absolute atomic E-state index is 0.162. The number of aliphatic hydroxyl groups is 2. The zero-order valence-electron chi connectivity index (χ0n) is 13.9. The van der Waals surface area contributed by atoms with Crippen LogP contribution in [0.2, 0.25) is 20.1 Å². The highest BCUT2D eigenvalue weighted by Gasteiger charge is 2.38. The van der Waals surface area contributed by atoms with Gasteiger partial charge >= 0.3 is 0 Å². The van der Waals surface area contributed by atoms with Crippen LogP contribution in [0, 0.1) is 0 Å². The SMILES string of the molecule is O=S(c1ccc(Cl)cc1Cl)N1CCC(O)(CO)C1.Sc1ccc(Cl)c(Cl)c1. The minimum Gasteiger partial charge on any atom is -0.393 e. The molecule has 0 aliphatic carbocycles. The molecule has 2 aromatic rings. The normalized spacial score (nSPS) is 20.9. The summed E-state index contributed by atoms with van der Waals surface area (Å²) in [6.07, 6.45) is 0.389. The second-order valence-corrected chi connectivity index (χ2v) is 9.55. The van der Waals surface area contributed by atoms with Gasteiger partial charge in [-0.1, -0.05) is 46.4 Å². The Labute approximate surface area is 186 Å². The first-order valence-electron chi connectivity index (χ1n) is 7.74. The van der Waals surface area contributed by atoms with Crippen LogP contribution < -0.4 is 0 Å². The number of halogens is 4. The van der Waals surface area contributed by atoms with Gasteiger partial charge in [0.2, 0.25) is 0 Å². The molecule has 1 aliphatic heterocycles. The predicted molar refractivity (Wildman–Crippen MR) is 115 cm³/mol. The topological polar surface area (TPSA) is 60.8 Å². The highest BCUT2D eigenvalue weighted by atomic mass is 35.5. The molecule has 0 spiro atoms. The fourth-order valence-electron chi connectivity index (χ4n) is 2.33. The van der Waals surface area contributed by atoms with Crippen LogP contribution in [0.4, 0.5) is 0 Å². The number of hydrogen-bond acceptors (Lipinski definition) is 4. The molecule has 0 amide bonds. The molecule has 1 heterocycles. The summed E-state index contributed by atoms with van der Waals surface area (Å²) in [5.74, 6) is 0. The van der Waals surface area contributed by atoms with Crippen molar-refractivity contribution in [2.45, 2.75) is 21.8 Å². The van der Waals surface area contributed by atoms with Crippen molar-refractivity contribution < 1.29 is 14.4 Å². The van der Waals surface area contributed by atoms with Gasteiger partial charge in [0.1, 0.15) is 16.6 Å². The number of benzene rings is 2. The third kappa shape index (κ3) is 6.49. The standard InChI is InChI=1S/C11H13Cl2NO3S.C6H4Cl2S/c12-8-1-2-10(9(13)5-8)18(17)14-4-3-11(16,6-14)7-15;7-5-2-1-4(9)3-6(5)8/h1-2,5,15-16H,3-4,6-7H2;1-3,9H. The Morgan fingerprint density at radius 1 is 1.07 bits per heavy atom. The van der Waals surface area contributed by atoms with E-state index >= 15 is 0 Å². The summed E-state index contributed by atoms with van der Waals surface area (Å²) in [4.78, 5) is 1.28. The van der Waals surface area contributed by atoms with Gasteiger partial charge < -0.3 is 10.2 Å². The average molecular weight is 489 g/mol. The van der Waals surface area contributed by atoms with Crippen molar-refractivity contribution in [3.8, 4) is 0 Å². The summed E-state index contributed by atoms with van der Waals surface area (Å²) in [6.45, 7) is 0.271. The summed E-state index contributed by atoms with van der Waals surface area (Å²) >= 11 is 27.1. The highest BCUT2D eigenvalue weighted by molar-refractivity contribution is 7.82. The quantitative estimate of drug-likeness (QED) is 0.547. The molecule has 0 bridgehead atoms. The van der Waals surface area contributed by atoms with E-state index in [0.29, 0.717) is 38.0 Å². The van der Waals surface area contributed by atoms with E-state index in [1.54, 1.807) is 34.6 Å². The van der Waals surface area contributed by atoms with Gasteiger partial charge in [-0.25, -0.2) is 8.51 Å². The van der Waals surface area contributed by atoms with E-state index < -0.39 is 16.6 Å². The highest BCUT2D eigenvalue weighted by Crippen LogP contribution is 2.29. The van der Waals surface area contributed by atoms with Gasteiger partial charge in [0, 0.05) is 23.0 Å². The van der Waals surface area contributed by atoms with Gasteiger partial charge in [0.25, 0.3) is 0 Å². The molecule has 2 aromatic carbocycles. The number of thiol groups is 1. The van der Waals surface area contributed by atoms with Gasteiger partial charge in [-0.3, -0.25) is 0 Å². The zero-order chi connectivity index (χ0) is 20.2. The molecule has 148 valence electrons. The average Bonchev–Trinajstić information content (AvgIpc) is 3.02. The second kappa shape index (κ2) is 10.1. The molecule has 27 heavy (non-hydrogen) atoms. The summed E-state index contributed by atoms with van der Waals surface area (Å²) in [5, 5.41) is 20.9. The van der Waals surface area contributed by atoms with E-state index in [1.807, 2.05) is 0 Å². The van der Waals surface area contributed by atoms with Crippen LogP contribution in [0.1, 0.15) is 6.42 Å². The van der Waals surface area contributed by atoms with E-state index in [-0.39, 0.29) is 13.2 Å². The van der Waals surface area contributed by atoms with Crippen LogP contribution in [0.15, 0.2) is 46.2 Å². The Bertz CT molecular complexity index is 840. The Morgan fingerprint density at radius 2 is 1.78 bits per heavy atom. The molecule has 3 rings (SSSR count). The van der Waals surface area contributed by atoms with Crippen molar-refractivity contribution in [1.29, 1.82) is 0 Å². The van der Waals surface area contributed by atoms with E-state index in [1.165, 1.54) is 6.07 Å². The summed E-state index contributed by atoms with van der Waals surface area (Å²) in [7, 11) is -1.46. The lowest BCUT2D eigenvalue weighted by Gasteiger charge is -2.20. The van der Waals surface area contributed by atoms with Gasteiger partial charge in [0.05, 0.1) is 26.6 Å². The first kappa shape index (κ1) is 23.3. The smallest absolute Gasteiger partial charge is 0.129 e. The van der Waals surface area contributed by atoms with Crippen molar-refractivity contribution in [3.05, 3.63) is 56.5 Å². The van der Waals surface area contributed by atoms with Gasteiger partial charge in [-0.15, -0.1) is 12.6 Å². The number of β-amino-alcohol motifs (C(OH)–C–C–N with tert-alkyl or cyclic N) is 1. The van der Waals surface area contributed by atoms with Gasteiger partial charge in [-0.05, 0) is 42.8 Å². The summed E-state index contributed by atoms with van der Waals surface area (Å²) in [6, 6.07) is 9.97. The van der Waals surface area contributed by atoms with Crippen LogP contribution in [0.25, 0.3) is 0 Å². The molecule has 0 radical (unpaired) electrons. The largest absolute Gasteiger partial charge is 0.393 e. The van der Waals surface area contributed by atoms with Crippen LogP contribution in [-0.2, 0) is 11.0 Å². The Morgan fingerprint density at radius 3 is 2.30 bits per heavy atom. The molecule has 1 aliphatic rings. The molecule has 4 nitrogen and oxygen atoms in total. The Balaban J connectivity index is 0.000000244. The van der Waals surface area contributed by atoms with E-state index in [4.69, 9.17) is 51.5 Å². The molecule has 2 unspecified atom stereocenters. The monoisotopic (exact) mass is 487 g/mol. The molecular formula is C17H17Cl4NO3S2. The van der Waals surface area contributed by atoms with Crippen molar-refractivity contribution >= 4 is 70.0 Å². The maximum Gasteiger partial charge on any atom is 0.129 e. The minimum atomic E-state index is -1.46. The molecular weight excluding hydrogens is 472 g/mol. The lowest BCUT2D eigenvalue weighted by atomic mass is 10.1. The van der Waals surface area contributed by atoms with Crippen LogP contribution >= 0.6 is 59.0 Å². The lowest BCUT2D eigenvalue weighted by Crippen LogP contribution is -2.37. The lowest BCUT2D eigenvalue weighted by molar-refractivity contribution is -0.000502. The number of rotatable bonds is 3. The Hall–Kier alpha value is -0.0200. The van der Waals surface area contributed by atoms with Crippen molar-refractivity contribution in [3.63, 3.8) is 0 Å². The molecule has 10 heteroatoms. The first-order chi connectivity index (χ1) is 12.6. The van der Waals surface area contributed by atoms with Crippen LogP contribution in [0.5, 0.6) is 0 Å². The molecule has 1 saturated heterocycles. The fourth-order valence-corrected chi connectivity index (χ4v) is 4.82. The van der Waals surface area contributed by atoms with Gasteiger partial charge in [-0.2, -0.15) is 0 Å². The summed E-state index contributed by atoms with van der Waals surface area (Å²) < 4.78 is 13.9. The maximum absolute atomic E-state index is 12.3. The summed E-state index contributed by atoms with van der Waals surface area (Å²) in [5.41, 5.74) is -1.17. The number of aliphatic hydroxyl groups excluding tert-OH is 1. The molecule has 0 aromatic heterocycles. The van der Waals surface area contributed by atoms with E-state index in [0.717, 1.165) is 4.90 Å². The van der Waals surface area contributed by atoms with E-state index in [2.05, 4.69) is 12.6 Å². The van der Waals surface area contributed by atoms with Crippen molar-refractivity contribution in [1.82, 2.24) is 4.31 Å². The van der Waals surface area contributed by atoms with Crippen LogP contribution in [-0.4, -0.2) is 44.0 Å². The van der Waals surface area contributed by atoms with Crippen LogP contribution in [0.3, 0.4) is 0 Å². The molecule has 0 saturated carbocycles. The van der Waals surface area contributed by atoms with E-state index in [9.17, 15) is 9.32 Å². The molecule has 1 fully saturated rings. The number of nitrogens with zero attached hydrogens (tertiary/aromatic N) is 1. The number of hydrogen-bond donors (Lipinski definition) is 3. The third-order valence-corrected chi connectivity index (χ3v) is 7.00. The van der Waals surface area contributed by atoms with Crippen molar-refractivity contribution in [2.75, 3.05) is 19.7 Å². The fraction of sp³-hybridized carbons (Fsp3) is 0.294. The predicted octanol–water partition coefficient (Wildman–Crippen LogP) is 4.73. The third-order valence-electron chi connectivity index (χ3n) is 3.81. The van der Waals surface area contributed by atoms with Crippen molar-refractivity contribution in [2.24, 2.45) is 0 Å². The Kier molecular flexibility index (Phi) is 8.74. The first-order valence-corrected chi connectivity index (χ1v) is 10.8. The van der Waals surface area contributed by atoms with Gasteiger partial charge in [0.15, 0.2) is 0 Å². The maximum atomic E-state index is 12.3. The second-order valence-electron chi connectivity index (χ2n) is 5.92. The molecule has 2 atom stereocenters. The molecule has 2 N–H and O–H groups in total.